The molecule has 0 aromatic heterocycles. The smallest absolute Gasteiger partial charge is 0.240 e. The molecule has 25 heavy (non-hydrogen) atoms. The molecule has 0 fully saturated rings. The lowest BCUT2D eigenvalue weighted by molar-refractivity contribution is 0.577. The van der Waals surface area contributed by atoms with Gasteiger partial charge >= 0.3 is 0 Å². The van der Waals surface area contributed by atoms with Crippen LogP contribution in [0.4, 0.5) is 14.5 Å². The third-order valence-electron chi connectivity index (χ3n) is 3.25. The van der Waals surface area contributed by atoms with Crippen LogP contribution in [0.25, 0.3) is 0 Å². The number of anilines is 1. The SMILES string of the molecule is CS(=O)(=O)N(CCNS(=O)(=O)c1ccc(F)cc1)c1ccc(F)cc1. The Morgan fingerprint density at radius 1 is 0.880 bits per heavy atom. The summed E-state index contributed by atoms with van der Waals surface area (Å²) in [5.41, 5.74) is 0.213. The number of benzene rings is 2. The molecule has 0 saturated heterocycles. The zero-order valence-electron chi connectivity index (χ0n) is 13.2. The molecule has 0 unspecified atom stereocenters. The highest BCUT2D eigenvalue weighted by Crippen LogP contribution is 2.17. The first-order valence-electron chi connectivity index (χ1n) is 7.08. The fourth-order valence-corrected chi connectivity index (χ4v) is 4.02. The molecule has 10 heteroatoms. The Morgan fingerprint density at radius 2 is 1.36 bits per heavy atom. The summed E-state index contributed by atoms with van der Waals surface area (Å²) >= 11 is 0. The van der Waals surface area contributed by atoms with Gasteiger partial charge in [0.2, 0.25) is 20.0 Å². The summed E-state index contributed by atoms with van der Waals surface area (Å²) in [6, 6.07) is 9.01. The molecule has 0 radical (unpaired) electrons. The minimum absolute atomic E-state index is 0.137. The maximum Gasteiger partial charge on any atom is 0.240 e. The Labute approximate surface area is 145 Å². The van der Waals surface area contributed by atoms with E-state index in [4.69, 9.17) is 0 Å². The molecule has 1 N–H and O–H groups in total. The highest BCUT2D eigenvalue weighted by Gasteiger charge is 2.19. The molecule has 0 atom stereocenters. The van der Waals surface area contributed by atoms with Gasteiger partial charge in [0.1, 0.15) is 11.6 Å². The van der Waals surface area contributed by atoms with E-state index < -0.39 is 31.7 Å². The van der Waals surface area contributed by atoms with E-state index in [0.29, 0.717) is 0 Å². The maximum atomic E-state index is 13.0. The standard InChI is InChI=1S/C15H16F2N2O4S2/c1-24(20,21)19(14-6-2-12(16)3-7-14)11-10-18-25(22,23)15-8-4-13(17)5-9-15/h2-9,18H,10-11H2,1H3. The van der Waals surface area contributed by atoms with E-state index in [9.17, 15) is 25.6 Å². The van der Waals surface area contributed by atoms with Gasteiger partial charge in [-0.3, -0.25) is 4.31 Å². The average Bonchev–Trinajstić information content (AvgIpc) is 2.52. The zero-order valence-corrected chi connectivity index (χ0v) is 14.8. The molecule has 2 aromatic carbocycles. The van der Waals surface area contributed by atoms with Gasteiger partial charge < -0.3 is 0 Å². The van der Waals surface area contributed by atoms with Gasteiger partial charge in [0.25, 0.3) is 0 Å². The molecule has 0 aliphatic heterocycles. The van der Waals surface area contributed by atoms with Gasteiger partial charge in [0.15, 0.2) is 0 Å². The quantitative estimate of drug-likeness (QED) is 0.780. The van der Waals surface area contributed by atoms with E-state index in [1.165, 1.54) is 12.1 Å². The van der Waals surface area contributed by atoms with E-state index in [1.807, 2.05) is 0 Å². The first-order valence-corrected chi connectivity index (χ1v) is 10.4. The first-order chi connectivity index (χ1) is 11.6. The normalized spacial score (nSPS) is 12.1. The van der Waals surface area contributed by atoms with Crippen molar-refractivity contribution in [1.82, 2.24) is 4.72 Å². The predicted molar refractivity (Wildman–Crippen MR) is 90.2 cm³/mol. The maximum absolute atomic E-state index is 13.0. The van der Waals surface area contributed by atoms with Crippen LogP contribution in [-0.4, -0.2) is 36.2 Å². The first kappa shape index (κ1) is 19.3. The number of hydrogen-bond acceptors (Lipinski definition) is 4. The van der Waals surface area contributed by atoms with Gasteiger partial charge in [0, 0.05) is 13.1 Å². The predicted octanol–water partition coefficient (Wildman–Crippen LogP) is 1.71. The summed E-state index contributed by atoms with van der Waals surface area (Å²) in [5, 5.41) is 0. The molecule has 0 aliphatic carbocycles. The van der Waals surface area contributed by atoms with Crippen LogP contribution in [0.3, 0.4) is 0 Å². The number of nitrogens with one attached hydrogen (secondary N) is 1. The Kier molecular flexibility index (Phi) is 5.76. The van der Waals surface area contributed by atoms with Crippen molar-refractivity contribution < 1.29 is 25.6 Å². The average molecular weight is 390 g/mol. The summed E-state index contributed by atoms with van der Waals surface area (Å²) < 4.78 is 77.1. The van der Waals surface area contributed by atoms with Crippen molar-refractivity contribution in [1.29, 1.82) is 0 Å². The number of hydrogen-bond donors (Lipinski definition) is 1. The Bertz CT molecular complexity index is 929. The second kappa shape index (κ2) is 7.46. The van der Waals surface area contributed by atoms with Crippen molar-refractivity contribution in [3.8, 4) is 0 Å². The fourth-order valence-electron chi connectivity index (χ4n) is 2.07. The monoisotopic (exact) mass is 390 g/mol. The highest BCUT2D eigenvalue weighted by molar-refractivity contribution is 7.92. The molecule has 0 saturated carbocycles. The van der Waals surface area contributed by atoms with Crippen LogP contribution in [-0.2, 0) is 20.0 Å². The third kappa shape index (κ3) is 5.21. The van der Waals surface area contributed by atoms with Gasteiger partial charge in [-0.1, -0.05) is 0 Å². The van der Waals surface area contributed by atoms with E-state index in [1.54, 1.807) is 0 Å². The number of rotatable bonds is 7. The third-order valence-corrected chi connectivity index (χ3v) is 5.92. The van der Waals surface area contributed by atoms with E-state index >= 15 is 0 Å². The van der Waals surface area contributed by atoms with E-state index in [2.05, 4.69) is 4.72 Å². The van der Waals surface area contributed by atoms with Gasteiger partial charge in [-0.2, -0.15) is 0 Å². The summed E-state index contributed by atoms with van der Waals surface area (Å²) in [6.45, 7) is -0.408. The van der Waals surface area contributed by atoms with Crippen molar-refractivity contribution in [2.45, 2.75) is 4.90 Å². The molecular formula is C15H16F2N2O4S2. The second-order valence-corrected chi connectivity index (χ2v) is 8.84. The molecule has 136 valence electrons. The van der Waals surface area contributed by atoms with Crippen molar-refractivity contribution in [3.05, 3.63) is 60.2 Å². The lowest BCUT2D eigenvalue weighted by Gasteiger charge is -2.22. The van der Waals surface area contributed by atoms with Crippen molar-refractivity contribution in [2.24, 2.45) is 0 Å². The van der Waals surface area contributed by atoms with Crippen molar-refractivity contribution >= 4 is 25.7 Å². The summed E-state index contributed by atoms with van der Waals surface area (Å²) in [4.78, 5) is -0.137. The zero-order chi connectivity index (χ0) is 18.7. The van der Waals surface area contributed by atoms with Crippen LogP contribution in [0, 0.1) is 11.6 Å². The second-order valence-electron chi connectivity index (χ2n) is 5.16. The number of sulfonamides is 2. The highest BCUT2D eigenvalue weighted by atomic mass is 32.2. The summed E-state index contributed by atoms with van der Waals surface area (Å²) in [6.07, 6.45) is 0.963. The van der Waals surface area contributed by atoms with Crippen LogP contribution < -0.4 is 9.03 Å². The Hall–Kier alpha value is -2.04. The van der Waals surface area contributed by atoms with Gasteiger partial charge in [-0.15, -0.1) is 0 Å². The number of halogens is 2. The Balaban J connectivity index is 2.11. The molecule has 0 aliphatic rings. The summed E-state index contributed by atoms with van der Waals surface area (Å²) in [5.74, 6) is -1.09. The topological polar surface area (TPSA) is 83.6 Å². The summed E-state index contributed by atoms with van der Waals surface area (Å²) in [7, 11) is -7.60. The lowest BCUT2D eigenvalue weighted by atomic mass is 10.3. The van der Waals surface area contributed by atoms with Crippen LogP contribution >= 0.6 is 0 Å². The van der Waals surface area contributed by atoms with Crippen molar-refractivity contribution in [3.63, 3.8) is 0 Å². The van der Waals surface area contributed by atoms with Gasteiger partial charge in [-0.05, 0) is 48.5 Å². The van der Waals surface area contributed by atoms with Crippen LogP contribution in [0.2, 0.25) is 0 Å². The van der Waals surface area contributed by atoms with E-state index in [-0.39, 0.29) is 23.7 Å². The molecule has 0 bridgehead atoms. The number of nitrogens with zero attached hydrogens (tertiary/aromatic N) is 1. The Morgan fingerprint density at radius 3 is 1.84 bits per heavy atom. The van der Waals surface area contributed by atoms with Crippen LogP contribution in [0.5, 0.6) is 0 Å². The lowest BCUT2D eigenvalue weighted by Crippen LogP contribution is -2.38. The largest absolute Gasteiger partial charge is 0.269 e. The van der Waals surface area contributed by atoms with E-state index in [0.717, 1.165) is 47.0 Å². The molecule has 0 spiro atoms. The van der Waals surface area contributed by atoms with Gasteiger partial charge in [-0.25, -0.2) is 30.3 Å². The minimum Gasteiger partial charge on any atom is -0.269 e. The molecule has 6 nitrogen and oxygen atoms in total. The molecule has 2 rings (SSSR count). The molecule has 0 heterocycles. The van der Waals surface area contributed by atoms with Crippen LogP contribution in [0.1, 0.15) is 0 Å². The fraction of sp³-hybridized carbons (Fsp3) is 0.200. The molecule has 0 amide bonds. The van der Waals surface area contributed by atoms with Crippen molar-refractivity contribution in [2.75, 3.05) is 23.7 Å². The molecule has 2 aromatic rings. The van der Waals surface area contributed by atoms with Crippen LogP contribution in [0.15, 0.2) is 53.4 Å². The molecular weight excluding hydrogens is 374 g/mol. The minimum atomic E-state index is -3.91. The van der Waals surface area contributed by atoms with Gasteiger partial charge in [0.05, 0.1) is 16.8 Å².